The number of carbonyl (C=O) groups is 2. The molecule has 2 heterocycles. The zero-order valence-electron chi connectivity index (χ0n) is 13.6. The van der Waals surface area contributed by atoms with Crippen molar-refractivity contribution in [2.75, 3.05) is 0 Å². The van der Waals surface area contributed by atoms with Gasteiger partial charge in [-0.25, -0.2) is 9.59 Å². The van der Waals surface area contributed by atoms with Crippen molar-refractivity contribution in [1.29, 1.82) is 0 Å². The highest BCUT2D eigenvalue weighted by Gasteiger charge is 2.18. The van der Waals surface area contributed by atoms with Gasteiger partial charge in [0.25, 0.3) is 0 Å². The first-order valence-electron chi connectivity index (χ1n) is 7.60. The lowest BCUT2D eigenvalue weighted by atomic mass is 10.1. The molecule has 2 aromatic heterocycles. The Balaban J connectivity index is 2.16. The average Bonchev–Trinajstić information content (AvgIpc) is 3.27. The monoisotopic (exact) mass is 338 g/mol. The summed E-state index contributed by atoms with van der Waals surface area (Å²) in [5.74, 6) is -0.538. The van der Waals surface area contributed by atoms with Crippen LogP contribution in [0.25, 0.3) is 12.2 Å². The van der Waals surface area contributed by atoms with Crippen molar-refractivity contribution in [3.63, 3.8) is 0 Å². The molecule has 0 saturated heterocycles. The molecule has 0 aliphatic heterocycles. The largest absolute Gasteiger partial charge is 0.465 e. The van der Waals surface area contributed by atoms with Gasteiger partial charge >= 0.3 is 11.9 Å². The van der Waals surface area contributed by atoms with Crippen LogP contribution in [0, 0.1) is 0 Å². The zero-order chi connectivity index (χ0) is 18.1. The van der Waals surface area contributed by atoms with E-state index < -0.39 is 11.9 Å². The predicted molar refractivity (Wildman–Crippen MR) is 94.1 cm³/mol. The van der Waals surface area contributed by atoms with Gasteiger partial charge in [-0.1, -0.05) is 12.2 Å². The van der Waals surface area contributed by atoms with Gasteiger partial charge in [-0.05, 0) is 49.3 Å². The minimum atomic E-state index is -0.754. The maximum Gasteiger partial charge on any atom is 0.342 e. The molecule has 0 spiro atoms. The molecule has 5 heteroatoms. The Morgan fingerprint density at radius 2 is 1.32 bits per heavy atom. The van der Waals surface area contributed by atoms with Crippen molar-refractivity contribution >= 4 is 24.1 Å². The van der Waals surface area contributed by atoms with Crippen LogP contribution in [0.2, 0.25) is 0 Å². The van der Waals surface area contributed by atoms with Gasteiger partial charge in [0.15, 0.2) is 0 Å². The SMILES string of the molecule is C=CCC(=Cc1ccco1)C(=O)OC(=O)C(=Cc1ccco1)CC=C. The quantitative estimate of drug-likeness (QED) is 0.305. The number of hydrogen-bond acceptors (Lipinski definition) is 5. The van der Waals surface area contributed by atoms with Crippen LogP contribution in [-0.4, -0.2) is 11.9 Å². The second-order valence-electron chi connectivity index (χ2n) is 5.03. The van der Waals surface area contributed by atoms with Crippen molar-refractivity contribution in [1.82, 2.24) is 0 Å². The van der Waals surface area contributed by atoms with E-state index in [-0.39, 0.29) is 24.0 Å². The van der Waals surface area contributed by atoms with E-state index in [9.17, 15) is 9.59 Å². The van der Waals surface area contributed by atoms with Crippen LogP contribution in [0.15, 0.2) is 82.1 Å². The highest BCUT2D eigenvalue weighted by atomic mass is 16.6. The van der Waals surface area contributed by atoms with E-state index in [1.807, 2.05) is 0 Å². The standard InChI is InChI=1S/C20H18O5/c1-3-7-15(13-17-9-5-11-23-17)19(21)25-20(22)16(8-4-2)14-18-10-6-12-24-18/h3-6,9-14H,1-2,7-8H2. The molecule has 0 atom stereocenters. The second-order valence-corrected chi connectivity index (χ2v) is 5.03. The van der Waals surface area contributed by atoms with Gasteiger partial charge in [0.2, 0.25) is 0 Å². The van der Waals surface area contributed by atoms with Gasteiger partial charge < -0.3 is 13.6 Å². The molecule has 0 N–H and O–H groups in total. The van der Waals surface area contributed by atoms with Crippen molar-refractivity contribution in [2.24, 2.45) is 0 Å². The second kappa shape index (κ2) is 9.08. The van der Waals surface area contributed by atoms with Crippen molar-refractivity contribution in [3.05, 3.63) is 84.8 Å². The maximum atomic E-state index is 12.3. The highest BCUT2D eigenvalue weighted by molar-refractivity contribution is 6.05. The zero-order valence-corrected chi connectivity index (χ0v) is 13.6. The Kier molecular flexibility index (Phi) is 6.54. The Labute approximate surface area is 145 Å². The van der Waals surface area contributed by atoms with E-state index >= 15 is 0 Å². The fraction of sp³-hybridized carbons (Fsp3) is 0.100. The first kappa shape index (κ1) is 18.0. The minimum Gasteiger partial charge on any atom is -0.465 e. The van der Waals surface area contributed by atoms with Crippen molar-refractivity contribution in [3.8, 4) is 0 Å². The topological polar surface area (TPSA) is 69.7 Å². The van der Waals surface area contributed by atoms with Gasteiger partial charge in [-0.15, -0.1) is 13.2 Å². The summed E-state index contributed by atoms with van der Waals surface area (Å²) in [4.78, 5) is 24.6. The van der Waals surface area contributed by atoms with E-state index in [2.05, 4.69) is 13.2 Å². The summed E-state index contributed by atoms with van der Waals surface area (Å²) >= 11 is 0. The number of rotatable bonds is 8. The summed E-state index contributed by atoms with van der Waals surface area (Å²) in [7, 11) is 0. The van der Waals surface area contributed by atoms with Crippen LogP contribution in [-0.2, 0) is 14.3 Å². The van der Waals surface area contributed by atoms with Gasteiger partial charge in [0, 0.05) is 11.1 Å². The Hall–Kier alpha value is -3.34. The molecule has 0 amide bonds. The molecular formula is C20H18O5. The smallest absolute Gasteiger partial charge is 0.342 e. The van der Waals surface area contributed by atoms with E-state index in [1.54, 1.807) is 36.4 Å². The Morgan fingerprint density at radius 3 is 1.64 bits per heavy atom. The van der Waals surface area contributed by atoms with Gasteiger partial charge in [0.1, 0.15) is 11.5 Å². The normalized spacial score (nSPS) is 11.8. The molecule has 0 radical (unpaired) electrons. The fourth-order valence-electron chi connectivity index (χ4n) is 2.02. The van der Waals surface area contributed by atoms with Crippen molar-refractivity contribution in [2.45, 2.75) is 12.8 Å². The molecular weight excluding hydrogens is 320 g/mol. The minimum absolute atomic E-state index is 0.242. The van der Waals surface area contributed by atoms with Crippen LogP contribution >= 0.6 is 0 Å². The third-order valence-electron chi connectivity index (χ3n) is 3.16. The number of allylic oxidation sites excluding steroid dienone is 2. The van der Waals surface area contributed by atoms with Crippen molar-refractivity contribution < 1.29 is 23.2 Å². The lowest BCUT2D eigenvalue weighted by Crippen LogP contribution is -2.16. The lowest BCUT2D eigenvalue weighted by molar-refractivity contribution is -0.154. The molecule has 0 unspecified atom stereocenters. The predicted octanol–water partition coefficient (Wildman–Crippen LogP) is 4.56. The number of carbonyl (C=O) groups excluding carboxylic acids is 2. The molecule has 2 aromatic rings. The van der Waals surface area contributed by atoms with Gasteiger partial charge in [-0.3, -0.25) is 0 Å². The number of ether oxygens (including phenoxy) is 1. The molecule has 2 rings (SSSR count). The summed E-state index contributed by atoms with van der Waals surface area (Å²) in [5.41, 5.74) is 0.517. The van der Waals surface area contributed by atoms with Crippen LogP contribution in [0.1, 0.15) is 24.4 Å². The summed E-state index contributed by atoms with van der Waals surface area (Å²) in [5, 5.41) is 0. The van der Waals surface area contributed by atoms with E-state index in [0.717, 1.165) is 0 Å². The molecule has 0 aliphatic rings. The average molecular weight is 338 g/mol. The first-order valence-corrected chi connectivity index (χ1v) is 7.60. The third kappa shape index (κ3) is 5.35. The summed E-state index contributed by atoms with van der Waals surface area (Å²) in [6.45, 7) is 7.21. The molecule has 0 aliphatic carbocycles. The number of hydrogen-bond donors (Lipinski definition) is 0. The van der Waals surface area contributed by atoms with E-state index in [0.29, 0.717) is 11.5 Å². The summed E-state index contributed by atoms with van der Waals surface area (Å²) < 4.78 is 15.3. The molecule has 0 fully saturated rings. The highest BCUT2D eigenvalue weighted by Crippen LogP contribution is 2.16. The number of furan rings is 2. The van der Waals surface area contributed by atoms with Crippen LogP contribution in [0.4, 0.5) is 0 Å². The van der Waals surface area contributed by atoms with Crippen LogP contribution < -0.4 is 0 Å². The molecule has 128 valence electrons. The van der Waals surface area contributed by atoms with E-state index in [1.165, 1.54) is 24.7 Å². The first-order chi connectivity index (χ1) is 12.1. The molecule has 0 aromatic carbocycles. The molecule has 0 saturated carbocycles. The molecule has 0 bridgehead atoms. The van der Waals surface area contributed by atoms with Gasteiger partial charge in [-0.2, -0.15) is 0 Å². The summed E-state index contributed by atoms with van der Waals surface area (Å²) in [6, 6.07) is 6.78. The van der Waals surface area contributed by atoms with E-state index in [4.69, 9.17) is 13.6 Å². The molecule has 5 nitrogen and oxygen atoms in total. The molecule has 25 heavy (non-hydrogen) atoms. The summed E-state index contributed by atoms with van der Waals surface area (Å²) in [6.07, 6.45) is 9.58. The fourth-order valence-corrected chi connectivity index (χ4v) is 2.02. The number of esters is 2. The van der Waals surface area contributed by atoms with Crippen LogP contribution in [0.3, 0.4) is 0 Å². The van der Waals surface area contributed by atoms with Crippen LogP contribution in [0.5, 0.6) is 0 Å². The lowest BCUT2D eigenvalue weighted by Gasteiger charge is -2.07. The van der Waals surface area contributed by atoms with Gasteiger partial charge in [0.05, 0.1) is 12.5 Å². The third-order valence-corrected chi connectivity index (χ3v) is 3.16. The Bertz CT molecular complexity index is 721. The Morgan fingerprint density at radius 1 is 0.880 bits per heavy atom. The maximum absolute atomic E-state index is 12.3.